The highest BCUT2D eigenvalue weighted by Gasteiger charge is 2.66. The molecule has 2 aromatic rings. The van der Waals surface area contributed by atoms with Crippen LogP contribution in [0.1, 0.15) is 82.6 Å². The highest BCUT2D eigenvalue weighted by molar-refractivity contribution is 5.82. The van der Waals surface area contributed by atoms with Crippen LogP contribution in [-0.4, -0.2) is 40.2 Å². The topological polar surface area (TPSA) is 25.4 Å². The summed E-state index contributed by atoms with van der Waals surface area (Å²) in [6.45, 7) is 5.20. The van der Waals surface area contributed by atoms with Crippen LogP contribution in [0.4, 0.5) is 0 Å². The molecule has 3 heteroatoms. The lowest BCUT2D eigenvalue weighted by Crippen LogP contribution is -2.55. The fourth-order valence-corrected chi connectivity index (χ4v) is 9.67. The van der Waals surface area contributed by atoms with Gasteiger partial charge in [0.2, 0.25) is 0 Å². The normalized spacial score (nSPS) is 42.4. The first-order valence-corrected chi connectivity index (χ1v) is 14.3. The van der Waals surface area contributed by atoms with E-state index in [-0.39, 0.29) is 16.6 Å². The molecule has 4 fully saturated rings. The lowest BCUT2D eigenvalue weighted by atomic mass is 9.58. The van der Waals surface area contributed by atoms with Gasteiger partial charge in [0.25, 0.3) is 0 Å². The zero-order chi connectivity index (χ0) is 23.3. The molecule has 3 aliphatic carbocycles. The van der Waals surface area contributed by atoms with Crippen molar-refractivity contribution < 1.29 is 4.74 Å². The number of aromatic nitrogens is 1. The van der Waals surface area contributed by atoms with E-state index in [4.69, 9.17) is 4.74 Å². The Hall–Kier alpha value is -1.97. The van der Waals surface area contributed by atoms with E-state index < -0.39 is 0 Å². The predicted octanol–water partition coefficient (Wildman–Crippen LogP) is 6.94. The molecule has 2 bridgehead atoms. The monoisotopic (exact) mass is 466 g/mol. The molecule has 2 saturated heterocycles. The van der Waals surface area contributed by atoms with Gasteiger partial charge in [-0.1, -0.05) is 31.2 Å². The first kappa shape index (κ1) is 21.1. The Morgan fingerprint density at radius 3 is 2.86 bits per heavy atom. The predicted molar refractivity (Wildman–Crippen MR) is 140 cm³/mol. The van der Waals surface area contributed by atoms with Crippen LogP contribution in [0.25, 0.3) is 10.8 Å². The van der Waals surface area contributed by atoms with Crippen molar-refractivity contribution in [2.75, 3.05) is 13.1 Å². The van der Waals surface area contributed by atoms with Crippen LogP contribution in [0.5, 0.6) is 0 Å². The number of rotatable bonds is 2. The average Bonchev–Trinajstić information content (AvgIpc) is 3.60. The molecule has 1 aromatic heterocycles. The van der Waals surface area contributed by atoms with Crippen molar-refractivity contribution in [3.05, 3.63) is 65.5 Å². The van der Waals surface area contributed by atoms with E-state index in [9.17, 15) is 0 Å². The number of benzene rings is 1. The Morgan fingerprint density at radius 1 is 1.03 bits per heavy atom. The van der Waals surface area contributed by atoms with Crippen LogP contribution in [0.3, 0.4) is 0 Å². The molecule has 0 N–H and O–H groups in total. The summed E-state index contributed by atoms with van der Waals surface area (Å²) in [5.41, 5.74) is 4.93. The maximum Gasteiger partial charge on any atom is 0.0974 e. The molecule has 2 saturated carbocycles. The smallest absolute Gasteiger partial charge is 0.0974 e. The summed E-state index contributed by atoms with van der Waals surface area (Å²) in [7, 11) is 0. The van der Waals surface area contributed by atoms with Gasteiger partial charge in [-0.15, -0.1) is 0 Å². The molecule has 1 aromatic carbocycles. The molecule has 3 aliphatic heterocycles. The van der Waals surface area contributed by atoms with E-state index in [1.807, 2.05) is 12.4 Å². The second kappa shape index (κ2) is 7.29. The summed E-state index contributed by atoms with van der Waals surface area (Å²) in [5.74, 6) is 1.22. The van der Waals surface area contributed by atoms with E-state index in [0.29, 0.717) is 11.8 Å². The first-order valence-electron chi connectivity index (χ1n) is 14.3. The van der Waals surface area contributed by atoms with Crippen molar-refractivity contribution in [3.8, 4) is 0 Å². The molecule has 4 heterocycles. The molecule has 182 valence electrons. The minimum Gasteiger partial charge on any atom is -0.359 e. The average molecular weight is 467 g/mol. The fourth-order valence-electron chi connectivity index (χ4n) is 9.67. The van der Waals surface area contributed by atoms with Gasteiger partial charge in [0.05, 0.1) is 11.2 Å². The lowest BCUT2D eigenvalue weighted by molar-refractivity contribution is -0.140. The van der Waals surface area contributed by atoms with Gasteiger partial charge >= 0.3 is 0 Å². The first-order chi connectivity index (χ1) is 17.1. The van der Waals surface area contributed by atoms with Crippen molar-refractivity contribution in [2.24, 2.45) is 11.3 Å². The standard InChI is InChI=1S/C32H38N2O/c1-30-12-10-26-19-25-6-7-27(34-16-2-3-17-34)20-31(25)13-14-32(26,35-31)29(30)9-8-28(30)23-5-4-22-11-15-33-21-24(22)18-23/h4-5,10-11,15,18-19,21,27-29H,2-3,6-9,12-14,16-17,20H2,1H3/t27-,28?,29+,30+,31+,32?/m0/s1. The molecule has 35 heavy (non-hydrogen) atoms. The molecule has 0 radical (unpaired) electrons. The second-order valence-electron chi connectivity index (χ2n) is 12.8. The van der Waals surface area contributed by atoms with Gasteiger partial charge in [-0.3, -0.25) is 4.98 Å². The Kier molecular flexibility index (Phi) is 4.41. The molecule has 0 amide bonds. The Labute approximate surface area is 209 Å². The SMILES string of the molecule is C[C@]12CC=C3C=C4CC[C@H](N5CCCC5)C[C@]45CCC3(O5)[C@@H]1CCC2c1ccc2ccncc2c1. The van der Waals surface area contributed by atoms with Crippen molar-refractivity contribution in [1.82, 2.24) is 9.88 Å². The van der Waals surface area contributed by atoms with Crippen molar-refractivity contribution in [2.45, 2.75) is 94.3 Å². The third-order valence-electron chi connectivity index (χ3n) is 11.4. The van der Waals surface area contributed by atoms with Crippen LogP contribution < -0.4 is 0 Å². The third-order valence-corrected chi connectivity index (χ3v) is 11.4. The van der Waals surface area contributed by atoms with Crippen molar-refractivity contribution in [3.63, 3.8) is 0 Å². The van der Waals surface area contributed by atoms with Crippen LogP contribution in [-0.2, 0) is 4.74 Å². The van der Waals surface area contributed by atoms with Gasteiger partial charge in [0, 0.05) is 23.8 Å². The maximum absolute atomic E-state index is 7.53. The van der Waals surface area contributed by atoms with E-state index in [2.05, 4.69) is 53.2 Å². The van der Waals surface area contributed by atoms with E-state index in [1.165, 1.54) is 93.6 Å². The Balaban J connectivity index is 1.15. The van der Waals surface area contributed by atoms with Gasteiger partial charge in [-0.25, -0.2) is 0 Å². The van der Waals surface area contributed by atoms with Gasteiger partial charge in [-0.05, 0) is 129 Å². The van der Waals surface area contributed by atoms with E-state index >= 15 is 0 Å². The minimum atomic E-state index is -0.0451. The number of allylic oxidation sites excluding steroid dienone is 1. The Bertz CT molecular complexity index is 1260. The van der Waals surface area contributed by atoms with Crippen LogP contribution in [0.15, 0.2) is 60.0 Å². The zero-order valence-electron chi connectivity index (χ0n) is 21.1. The third kappa shape index (κ3) is 2.83. The summed E-state index contributed by atoms with van der Waals surface area (Å²) in [5, 5.41) is 2.57. The molecular weight excluding hydrogens is 428 g/mol. The number of fused-ring (bicyclic) bond motifs is 2. The number of hydrogen-bond donors (Lipinski definition) is 0. The maximum atomic E-state index is 7.53. The molecule has 2 unspecified atom stereocenters. The quantitative estimate of drug-likeness (QED) is 0.479. The van der Waals surface area contributed by atoms with E-state index in [0.717, 1.165) is 6.04 Å². The van der Waals surface area contributed by atoms with E-state index in [1.54, 1.807) is 11.1 Å². The number of hydrogen-bond acceptors (Lipinski definition) is 3. The second-order valence-corrected chi connectivity index (χ2v) is 12.8. The van der Waals surface area contributed by atoms with Crippen molar-refractivity contribution in [1.29, 1.82) is 0 Å². The van der Waals surface area contributed by atoms with Crippen LogP contribution in [0.2, 0.25) is 0 Å². The largest absolute Gasteiger partial charge is 0.359 e. The molecule has 6 aliphatic rings. The van der Waals surface area contributed by atoms with Gasteiger partial charge in [0.15, 0.2) is 0 Å². The lowest BCUT2D eigenvalue weighted by Gasteiger charge is -2.55. The molecule has 2 spiro atoms. The highest BCUT2D eigenvalue weighted by atomic mass is 16.5. The summed E-state index contributed by atoms with van der Waals surface area (Å²) in [4.78, 5) is 7.18. The molecule has 3 nitrogen and oxygen atoms in total. The number of likely N-dealkylation sites (tertiary alicyclic amines) is 1. The zero-order valence-corrected chi connectivity index (χ0v) is 21.1. The Morgan fingerprint density at radius 2 is 1.94 bits per heavy atom. The number of ether oxygens (including phenoxy) is 1. The number of pyridine rings is 1. The van der Waals surface area contributed by atoms with Gasteiger partial charge in [-0.2, -0.15) is 0 Å². The van der Waals surface area contributed by atoms with Crippen LogP contribution in [0, 0.1) is 11.3 Å². The fraction of sp³-hybridized carbons (Fsp3) is 0.594. The van der Waals surface area contributed by atoms with Crippen molar-refractivity contribution >= 4 is 10.8 Å². The summed E-state index contributed by atoms with van der Waals surface area (Å²) >= 11 is 0. The molecule has 8 rings (SSSR count). The molecule has 6 atom stereocenters. The summed E-state index contributed by atoms with van der Waals surface area (Å²) < 4.78 is 7.53. The van der Waals surface area contributed by atoms with Gasteiger partial charge < -0.3 is 9.64 Å². The van der Waals surface area contributed by atoms with Gasteiger partial charge in [0.1, 0.15) is 0 Å². The van der Waals surface area contributed by atoms with Crippen LogP contribution >= 0.6 is 0 Å². The highest BCUT2D eigenvalue weighted by Crippen LogP contribution is 2.69. The molecular formula is C32H38N2O. The number of nitrogens with zero attached hydrogens (tertiary/aromatic N) is 2. The minimum absolute atomic E-state index is 0.0216. The summed E-state index contributed by atoms with van der Waals surface area (Å²) in [6, 6.07) is 9.99. The summed E-state index contributed by atoms with van der Waals surface area (Å²) in [6.07, 6.45) is 22.0.